The maximum Gasteiger partial charge on any atom is 0.323 e. The molecule has 1 aromatic heterocycles. The van der Waals surface area contributed by atoms with Crippen LogP contribution in [0.4, 0.5) is 26.4 Å². The third-order valence-corrected chi connectivity index (χ3v) is 6.32. The number of amides is 2. The zero-order chi connectivity index (χ0) is 25.9. The van der Waals surface area contributed by atoms with Crippen molar-refractivity contribution in [3.63, 3.8) is 0 Å². The first-order valence-corrected chi connectivity index (χ1v) is 12.1. The van der Waals surface area contributed by atoms with E-state index in [2.05, 4.69) is 25.5 Å². The maximum absolute atomic E-state index is 14.7. The number of fused-ring (bicyclic) bond motifs is 1. The number of hydrogen-bond donors (Lipinski definition) is 2. The summed E-state index contributed by atoms with van der Waals surface area (Å²) in [5.41, 5.74) is 1.75. The van der Waals surface area contributed by atoms with Gasteiger partial charge in [-0.3, -0.25) is 9.78 Å². The molecule has 11 heteroatoms. The number of nitrogens with zero attached hydrogens (tertiary/aromatic N) is 3. The van der Waals surface area contributed by atoms with Crippen LogP contribution in [0.25, 0.3) is 11.0 Å². The fourth-order valence-electron chi connectivity index (χ4n) is 3.90. The average molecular weight is 540 g/mol. The zero-order valence-electron chi connectivity index (χ0n) is 19.3. The van der Waals surface area contributed by atoms with Gasteiger partial charge in [-0.2, -0.15) is 0 Å². The van der Waals surface area contributed by atoms with Crippen LogP contribution in [0.1, 0.15) is 15.9 Å². The van der Waals surface area contributed by atoms with E-state index >= 15 is 0 Å². The minimum atomic E-state index is -0.718. The summed E-state index contributed by atoms with van der Waals surface area (Å²) >= 11 is 12.0. The molecule has 1 saturated heterocycles. The maximum atomic E-state index is 14.7. The van der Waals surface area contributed by atoms with E-state index in [0.717, 1.165) is 6.07 Å². The number of benzene rings is 3. The van der Waals surface area contributed by atoms with Gasteiger partial charge in [-0.15, -0.1) is 0 Å². The quantitative estimate of drug-likeness (QED) is 0.311. The van der Waals surface area contributed by atoms with Crippen LogP contribution in [0, 0.1) is 5.82 Å². The van der Waals surface area contributed by atoms with Crippen LogP contribution in [-0.4, -0.2) is 48.1 Å². The Morgan fingerprint density at radius 3 is 2.54 bits per heavy atom. The Labute approximate surface area is 221 Å². The second-order valence-electron chi connectivity index (χ2n) is 8.26. The van der Waals surface area contributed by atoms with Crippen LogP contribution in [-0.2, 0) is 4.74 Å². The predicted octanol–water partition coefficient (Wildman–Crippen LogP) is 5.79. The lowest BCUT2D eigenvalue weighted by atomic mass is 10.0. The number of ketones is 1. The van der Waals surface area contributed by atoms with Crippen molar-refractivity contribution in [2.45, 2.75) is 0 Å². The summed E-state index contributed by atoms with van der Waals surface area (Å²) in [6.45, 7) is 2.60. The van der Waals surface area contributed by atoms with E-state index in [0.29, 0.717) is 53.9 Å². The molecule has 5 rings (SSSR count). The van der Waals surface area contributed by atoms with Gasteiger partial charge in [0.15, 0.2) is 5.78 Å². The molecule has 2 amide bonds. The van der Waals surface area contributed by atoms with E-state index in [1.165, 1.54) is 18.2 Å². The van der Waals surface area contributed by atoms with E-state index in [-0.39, 0.29) is 21.8 Å². The van der Waals surface area contributed by atoms with Gasteiger partial charge in [0, 0.05) is 29.4 Å². The molecule has 0 unspecified atom stereocenters. The first-order chi connectivity index (χ1) is 17.9. The number of nitrogens with one attached hydrogen (secondary N) is 2. The molecule has 0 bridgehead atoms. The van der Waals surface area contributed by atoms with Gasteiger partial charge >= 0.3 is 6.03 Å². The van der Waals surface area contributed by atoms with Crippen LogP contribution in [0.5, 0.6) is 0 Å². The third kappa shape index (κ3) is 5.64. The first kappa shape index (κ1) is 24.9. The Morgan fingerprint density at radius 1 is 0.946 bits per heavy atom. The molecular formula is C26H20Cl2FN5O3. The summed E-state index contributed by atoms with van der Waals surface area (Å²) in [5, 5.41) is 5.85. The molecule has 0 atom stereocenters. The molecule has 1 aliphatic rings. The average Bonchev–Trinajstić information content (AvgIpc) is 2.91. The van der Waals surface area contributed by atoms with Gasteiger partial charge in [0.25, 0.3) is 0 Å². The van der Waals surface area contributed by atoms with Crippen LogP contribution in [0.2, 0.25) is 10.0 Å². The highest BCUT2D eigenvalue weighted by Gasteiger charge is 2.18. The van der Waals surface area contributed by atoms with Crippen LogP contribution in [0.15, 0.2) is 60.8 Å². The van der Waals surface area contributed by atoms with Crippen LogP contribution < -0.4 is 15.5 Å². The van der Waals surface area contributed by atoms with Crippen molar-refractivity contribution in [1.29, 1.82) is 0 Å². The Bertz CT molecular complexity index is 1510. The predicted molar refractivity (Wildman–Crippen MR) is 142 cm³/mol. The summed E-state index contributed by atoms with van der Waals surface area (Å²) in [6.07, 6.45) is 1.69. The minimum absolute atomic E-state index is 0.195. The molecule has 37 heavy (non-hydrogen) atoms. The van der Waals surface area contributed by atoms with Crippen molar-refractivity contribution >= 4 is 63.2 Å². The summed E-state index contributed by atoms with van der Waals surface area (Å²) in [6, 6.07) is 12.6. The Morgan fingerprint density at radius 2 is 1.76 bits per heavy atom. The number of anilines is 3. The molecule has 0 spiro atoms. The summed E-state index contributed by atoms with van der Waals surface area (Å²) in [7, 11) is 0. The van der Waals surface area contributed by atoms with E-state index < -0.39 is 17.6 Å². The largest absolute Gasteiger partial charge is 0.378 e. The number of morpholine rings is 1. The number of hydrogen-bond acceptors (Lipinski definition) is 6. The first-order valence-electron chi connectivity index (χ1n) is 11.3. The lowest BCUT2D eigenvalue weighted by Gasteiger charge is -2.27. The highest BCUT2D eigenvalue weighted by atomic mass is 35.5. The van der Waals surface area contributed by atoms with E-state index in [9.17, 15) is 14.0 Å². The molecule has 0 aliphatic carbocycles. The number of urea groups is 1. The normalized spacial score (nSPS) is 13.4. The molecule has 1 aliphatic heterocycles. The smallest absolute Gasteiger partial charge is 0.323 e. The lowest BCUT2D eigenvalue weighted by Crippen LogP contribution is -2.36. The topological polar surface area (TPSA) is 96.5 Å². The Hall–Kier alpha value is -3.79. The van der Waals surface area contributed by atoms with E-state index in [1.807, 2.05) is 0 Å². The molecule has 188 valence electrons. The standard InChI is InChI=1S/C26H20Cl2FN5O3/c27-16-2-6-21(19(28)12-16)33-26(36)31-17-3-4-20(29)18(13-17)25(35)15-1-5-22-23(11-15)32-24(14-30-22)34-7-9-37-10-8-34/h1-6,11-14H,7-10H2,(H2,31,33,36). The number of carbonyl (C=O) groups excluding carboxylic acids is 2. The van der Waals surface area contributed by atoms with Gasteiger partial charge in [0.2, 0.25) is 0 Å². The fourth-order valence-corrected chi connectivity index (χ4v) is 4.35. The summed E-state index contributed by atoms with van der Waals surface area (Å²) < 4.78 is 20.1. The number of ether oxygens (including phenoxy) is 1. The Balaban J connectivity index is 1.36. The van der Waals surface area contributed by atoms with Gasteiger partial charge in [0.05, 0.1) is 46.7 Å². The van der Waals surface area contributed by atoms with Gasteiger partial charge in [0.1, 0.15) is 11.6 Å². The van der Waals surface area contributed by atoms with E-state index in [1.54, 1.807) is 36.5 Å². The molecule has 0 radical (unpaired) electrons. The minimum Gasteiger partial charge on any atom is -0.378 e. The summed E-state index contributed by atoms with van der Waals surface area (Å²) in [4.78, 5) is 36.8. The summed E-state index contributed by atoms with van der Waals surface area (Å²) in [5.74, 6) is -0.586. The Kier molecular flexibility index (Phi) is 7.18. The molecular weight excluding hydrogens is 520 g/mol. The van der Waals surface area contributed by atoms with Crippen molar-refractivity contribution in [3.8, 4) is 0 Å². The van der Waals surface area contributed by atoms with Crippen molar-refractivity contribution in [1.82, 2.24) is 9.97 Å². The van der Waals surface area contributed by atoms with Gasteiger partial charge in [-0.1, -0.05) is 23.2 Å². The second kappa shape index (κ2) is 10.7. The molecule has 4 aromatic rings. The zero-order valence-corrected chi connectivity index (χ0v) is 20.8. The molecule has 2 N–H and O–H groups in total. The van der Waals surface area contributed by atoms with Crippen molar-refractivity contribution in [2.24, 2.45) is 0 Å². The van der Waals surface area contributed by atoms with Gasteiger partial charge in [-0.25, -0.2) is 14.2 Å². The van der Waals surface area contributed by atoms with E-state index in [4.69, 9.17) is 27.9 Å². The number of aromatic nitrogens is 2. The van der Waals surface area contributed by atoms with Crippen molar-refractivity contribution in [2.75, 3.05) is 41.8 Å². The number of rotatable bonds is 5. The lowest BCUT2D eigenvalue weighted by molar-refractivity contribution is 0.103. The SMILES string of the molecule is O=C(Nc1ccc(F)c(C(=O)c2ccc3ncc(N4CCOCC4)nc3c2)c1)Nc1ccc(Cl)cc1Cl. The van der Waals surface area contributed by atoms with Crippen molar-refractivity contribution < 1.29 is 18.7 Å². The highest BCUT2D eigenvalue weighted by Crippen LogP contribution is 2.26. The fraction of sp³-hybridized carbons (Fsp3) is 0.154. The molecule has 8 nitrogen and oxygen atoms in total. The van der Waals surface area contributed by atoms with Gasteiger partial charge < -0.3 is 20.3 Å². The molecule has 0 saturated carbocycles. The van der Waals surface area contributed by atoms with Crippen molar-refractivity contribution in [3.05, 3.63) is 87.8 Å². The number of halogens is 3. The number of carbonyl (C=O) groups is 2. The van der Waals surface area contributed by atoms with Crippen LogP contribution >= 0.6 is 23.2 Å². The molecule has 1 fully saturated rings. The second-order valence-corrected chi connectivity index (χ2v) is 9.10. The monoisotopic (exact) mass is 539 g/mol. The highest BCUT2D eigenvalue weighted by molar-refractivity contribution is 6.36. The molecule has 3 aromatic carbocycles. The van der Waals surface area contributed by atoms with Gasteiger partial charge in [-0.05, 0) is 54.6 Å². The third-order valence-electron chi connectivity index (χ3n) is 5.77. The molecule has 2 heterocycles. The van der Waals surface area contributed by atoms with Crippen LogP contribution in [0.3, 0.4) is 0 Å².